The van der Waals surface area contributed by atoms with Crippen molar-refractivity contribution in [3.63, 3.8) is 0 Å². The van der Waals surface area contributed by atoms with E-state index in [2.05, 4.69) is 0 Å². The molecule has 0 saturated heterocycles. The van der Waals surface area contributed by atoms with Crippen molar-refractivity contribution in [1.82, 2.24) is 0 Å². The highest BCUT2D eigenvalue weighted by Crippen LogP contribution is 2.62. The lowest BCUT2D eigenvalue weighted by atomic mass is 9.91. The predicted octanol–water partition coefficient (Wildman–Crippen LogP) is 4.09. The van der Waals surface area contributed by atoms with E-state index in [1.165, 1.54) is 13.8 Å². The van der Waals surface area contributed by atoms with E-state index >= 15 is 0 Å². The van der Waals surface area contributed by atoms with Crippen molar-refractivity contribution in [2.75, 3.05) is 0 Å². The summed E-state index contributed by atoms with van der Waals surface area (Å²) in [5, 5.41) is 0. The Hall–Kier alpha value is -2.56. The summed E-state index contributed by atoms with van der Waals surface area (Å²) >= 11 is 0. The third kappa shape index (κ3) is 6.86. The van der Waals surface area contributed by atoms with Crippen molar-refractivity contribution in [2.24, 2.45) is 23.5 Å². The average Bonchev–Trinajstić information content (AvgIpc) is 3.49. The van der Waals surface area contributed by atoms with Crippen LogP contribution < -0.4 is 5.73 Å². The van der Waals surface area contributed by atoms with Crippen molar-refractivity contribution in [1.29, 1.82) is 0 Å². The summed E-state index contributed by atoms with van der Waals surface area (Å²) in [4.78, 5) is 49.7. The summed E-state index contributed by atoms with van der Waals surface area (Å²) in [6, 6.07) is 0. The van der Waals surface area contributed by atoms with Gasteiger partial charge >= 0.3 is 24.2 Å². The number of ether oxygens (including phenoxy) is 6. The Balaban J connectivity index is 1.20. The summed E-state index contributed by atoms with van der Waals surface area (Å²) in [6.45, 7) is 2.85. The van der Waals surface area contributed by atoms with Gasteiger partial charge in [0, 0.05) is 19.8 Å². The van der Waals surface area contributed by atoms with Crippen LogP contribution in [-0.2, 0) is 38.0 Å². The lowest BCUT2D eigenvalue weighted by Gasteiger charge is -2.27. The van der Waals surface area contributed by atoms with Crippen molar-refractivity contribution in [2.45, 2.75) is 121 Å². The fourth-order valence-corrected chi connectivity index (χ4v) is 6.08. The van der Waals surface area contributed by atoms with Crippen LogP contribution in [0.25, 0.3) is 0 Å². The molecule has 0 aromatic carbocycles. The molecule has 0 radical (unpaired) electrons. The minimum Gasteiger partial charge on any atom is -0.431 e. The van der Waals surface area contributed by atoms with Crippen LogP contribution in [0.4, 0.5) is 9.59 Å². The molecule has 4 fully saturated rings. The standard InChI is InChI=1S/C26H39NO10/c1-15(34-24(30)36-17-9-5-3-6-10-17)32-22(28)20-19-13-14-26(27,21(19)20)23(29)33-16(2)35-25(31)37-18-11-7-4-8-12-18/h15-21H,3-14,27H2,1-2H3/t15?,16?,19-,20-,21-,26-/m0/s1. The van der Waals surface area contributed by atoms with Crippen LogP contribution in [0.15, 0.2) is 0 Å². The lowest BCUT2D eigenvalue weighted by molar-refractivity contribution is -0.177. The zero-order valence-electron chi connectivity index (χ0n) is 21.7. The van der Waals surface area contributed by atoms with Crippen molar-refractivity contribution in [3.8, 4) is 0 Å². The lowest BCUT2D eigenvalue weighted by Crippen LogP contribution is -2.51. The van der Waals surface area contributed by atoms with Crippen molar-refractivity contribution < 1.29 is 47.6 Å². The second kappa shape index (κ2) is 11.9. The molecule has 4 aliphatic carbocycles. The molecule has 11 nitrogen and oxygen atoms in total. The third-order valence-corrected chi connectivity index (χ3v) is 8.02. The van der Waals surface area contributed by atoms with E-state index in [-0.39, 0.29) is 18.1 Å². The molecule has 37 heavy (non-hydrogen) atoms. The number of hydrogen-bond acceptors (Lipinski definition) is 11. The summed E-state index contributed by atoms with van der Waals surface area (Å²) in [5.41, 5.74) is 5.00. The van der Waals surface area contributed by atoms with Gasteiger partial charge in [-0.3, -0.25) is 4.79 Å². The van der Waals surface area contributed by atoms with E-state index in [0.717, 1.165) is 64.2 Å². The molecule has 4 aliphatic rings. The van der Waals surface area contributed by atoms with Gasteiger partial charge in [-0.25, -0.2) is 14.4 Å². The van der Waals surface area contributed by atoms with Gasteiger partial charge in [-0.1, -0.05) is 12.8 Å². The van der Waals surface area contributed by atoms with Gasteiger partial charge in [-0.05, 0) is 70.1 Å². The smallest absolute Gasteiger partial charge is 0.431 e. The van der Waals surface area contributed by atoms with E-state index in [9.17, 15) is 19.2 Å². The number of hydrogen-bond donors (Lipinski definition) is 1. The molecule has 2 N–H and O–H groups in total. The van der Waals surface area contributed by atoms with Crippen LogP contribution in [0.5, 0.6) is 0 Å². The Bertz CT molecular complexity index is 852. The van der Waals surface area contributed by atoms with Gasteiger partial charge in [0.2, 0.25) is 12.6 Å². The quantitative estimate of drug-likeness (QED) is 0.277. The molecule has 0 aromatic heterocycles. The van der Waals surface area contributed by atoms with E-state index in [1.54, 1.807) is 0 Å². The Morgan fingerprint density at radius 3 is 1.70 bits per heavy atom. The first-order chi connectivity index (χ1) is 17.7. The number of esters is 2. The van der Waals surface area contributed by atoms with E-state index in [0.29, 0.717) is 12.8 Å². The van der Waals surface area contributed by atoms with Gasteiger partial charge in [-0.15, -0.1) is 0 Å². The van der Waals surface area contributed by atoms with Gasteiger partial charge in [0.05, 0.1) is 5.92 Å². The molecule has 4 saturated carbocycles. The monoisotopic (exact) mass is 525 g/mol. The van der Waals surface area contributed by atoms with Gasteiger partial charge < -0.3 is 34.2 Å². The van der Waals surface area contributed by atoms with Gasteiger partial charge in [0.25, 0.3) is 0 Å². The molecule has 0 aromatic rings. The summed E-state index contributed by atoms with van der Waals surface area (Å²) < 4.78 is 31.3. The Labute approximate surface area is 217 Å². The maximum absolute atomic E-state index is 12.9. The highest BCUT2D eigenvalue weighted by Gasteiger charge is 2.71. The number of rotatable bonds is 8. The Morgan fingerprint density at radius 1 is 0.703 bits per heavy atom. The number of carbonyl (C=O) groups is 4. The fraction of sp³-hybridized carbons (Fsp3) is 0.846. The second-order valence-corrected chi connectivity index (χ2v) is 10.8. The van der Waals surface area contributed by atoms with Gasteiger partial charge in [0.1, 0.15) is 17.7 Å². The van der Waals surface area contributed by atoms with Crippen molar-refractivity contribution >= 4 is 24.2 Å². The molecule has 0 bridgehead atoms. The molecule has 11 heteroatoms. The topological polar surface area (TPSA) is 150 Å². The third-order valence-electron chi connectivity index (χ3n) is 8.02. The summed E-state index contributed by atoms with van der Waals surface area (Å²) in [7, 11) is 0. The summed E-state index contributed by atoms with van der Waals surface area (Å²) in [6.07, 6.45) is 5.92. The van der Waals surface area contributed by atoms with E-state index < -0.39 is 54.2 Å². The van der Waals surface area contributed by atoms with Crippen LogP contribution >= 0.6 is 0 Å². The second-order valence-electron chi connectivity index (χ2n) is 10.8. The molecule has 4 rings (SSSR count). The predicted molar refractivity (Wildman–Crippen MR) is 127 cm³/mol. The van der Waals surface area contributed by atoms with E-state index in [4.69, 9.17) is 34.2 Å². The Kier molecular flexibility index (Phi) is 8.82. The molecule has 0 aliphatic heterocycles. The number of nitrogens with two attached hydrogens (primary N) is 1. The highest BCUT2D eigenvalue weighted by molar-refractivity contribution is 5.87. The highest BCUT2D eigenvalue weighted by atomic mass is 16.8. The maximum atomic E-state index is 12.9. The number of carbonyl (C=O) groups excluding carboxylic acids is 4. The zero-order chi connectivity index (χ0) is 26.6. The van der Waals surface area contributed by atoms with Crippen LogP contribution in [0, 0.1) is 17.8 Å². The van der Waals surface area contributed by atoms with Crippen LogP contribution in [0.3, 0.4) is 0 Å². The zero-order valence-corrected chi connectivity index (χ0v) is 21.7. The van der Waals surface area contributed by atoms with Gasteiger partial charge in [0.15, 0.2) is 0 Å². The molecule has 0 spiro atoms. The molecule has 6 atom stereocenters. The molecule has 0 heterocycles. The first-order valence-electron chi connectivity index (χ1n) is 13.6. The minimum atomic E-state index is -1.40. The first-order valence-corrected chi connectivity index (χ1v) is 13.6. The van der Waals surface area contributed by atoms with Crippen LogP contribution in [0.2, 0.25) is 0 Å². The molecular weight excluding hydrogens is 486 g/mol. The largest absolute Gasteiger partial charge is 0.511 e. The SMILES string of the molecule is CC(OC(=O)OC1CCCCC1)OC(=O)[C@H]1[C@@H]2CC[C@@](N)(C(=O)OC(C)OC(=O)OC3CCCCC3)[C@@H]21. The normalized spacial score (nSPS) is 31.3. The molecular formula is C26H39NO10. The minimum absolute atomic E-state index is 0.126. The van der Waals surface area contributed by atoms with Crippen LogP contribution in [0.1, 0.15) is 90.9 Å². The average molecular weight is 526 g/mol. The molecule has 208 valence electrons. The van der Waals surface area contributed by atoms with Crippen molar-refractivity contribution in [3.05, 3.63) is 0 Å². The first kappa shape index (κ1) is 27.5. The fourth-order valence-electron chi connectivity index (χ4n) is 6.08. The molecule has 2 unspecified atom stereocenters. The summed E-state index contributed by atoms with van der Waals surface area (Å²) in [5.74, 6) is -2.52. The molecule has 0 amide bonds. The van der Waals surface area contributed by atoms with Crippen LogP contribution in [-0.4, -0.2) is 54.6 Å². The maximum Gasteiger partial charge on any atom is 0.511 e. The Morgan fingerprint density at radius 2 is 1.19 bits per heavy atom. The van der Waals surface area contributed by atoms with Gasteiger partial charge in [-0.2, -0.15) is 0 Å². The van der Waals surface area contributed by atoms with E-state index in [1.807, 2.05) is 0 Å². The number of fused-ring (bicyclic) bond motifs is 1.